The number of nitrogens with one attached hydrogen (secondary N) is 4. The van der Waals surface area contributed by atoms with Gasteiger partial charge in [-0.15, -0.1) is 0 Å². The molecular formula is C28H33N9O2. The second-order valence-corrected chi connectivity index (χ2v) is 10.7. The minimum Gasteiger partial charge on any atom is -0.367 e. The molecule has 1 fully saturated rings. The van der Waals surface area contributed by atoms with Gasteiger partial charge in [0.2, 0.25) is 5.96 Å². The van der Waals surface area contributed by atoms with Crippen LogP contribution in [0.2, 0.25) is 0 Å². The van der Waals surface area contributed by atoms with Crippen LogP contribution in [0.5, 0.6) is 0 Å². The van der Waals surface area contributed by atoms with E-state index >= 15 is 0 Å². The minimum absolute atomic E-state index is 0.260. The van der Waals surface area contributed by atoms with Gasteiger partial charge in [-0.1, -0.05) is 37.2 Å². The number of nitrogens with zero attached hydrogens (tertiary/aromatic N) is 5. The molecule has 1 aliphatic carbocycles. The van der Waals surface area contributed by atoms with Gasteiger partial charge in [0.1, 0.15) is 5.70 Å². The van der Waals surface area contributed by atoms with Crippen LogP contribution in [0, 0.1) is 5.41 Å². The predicted octanol–water partition coefficient (Wildman–Crippen LogP) is 1.01. The van der Waals surface area contributed by atoms with Gasteiger partial charge in [-0.25, -0.2) is 9.98 Å². The van der Waals surface area contributed by atoms with Crippen LogP contribution < -0.4 is 31.5 Å². The van der Waals surface area contributed by atoms with Crippen molar-refractivity contribution >= 4 is 35.0 Å². The lowest BCUT2D eigenvalue weighted by molar-refractivity contribution is 0.0944. The van der Waals surface area contributed by atoms with E-state index < -0.39 is 5.41 Å². The lowest BCUT2D eigenvalue weighted by atomic mass is 9.79. The molecule has 0 saturated carbocycles. The molecule has 4 N–H and O–H groups in total. The Morgan fingerprint density at radius 1 is 1.18 bits per heavy atom. The van der Waals surface area contributed by atoms with Crippen LogP contribution in [0.15, 0.2) is 58.1 Å². The third-order valence-electron chi connectivity index (χ3n) is 7.41. The summed E-state index contributed by atoms with van der Waals surface area (Å²) in [5.41, 5.74) is 4.99. The van der Waals surface area contributed by atoms with Gasteiger partial charge in [0.15, 0.2) is 11.1 Å². The third kappa shape index (κ3) is 4.92. The van der Waals surface area contributed by atoms with Crippen molar-refractivity contribution in [2.45, 2.75) is 20.3 Å². The lowest BCUT2D eigenvalue weighted by Crippen LogP contribution is -2.45. The maximum absolute atomic E-state index is 13.0. The number of aromatic amines is 1. The van der Waals surface area contributed by atoms with Crippen LogP contribution in [0.1, 0.15) is 30.0 Å². The minimum atomic E-state index is -0.391. The largest absolute Gasteiger partial charge is 0.367 e. The first kappa shape index (κ1) is 24.9. The van der Waals surface area contributed by atoms with Gasteiger partial charge in [-0.05, 0) is 19.2 Å². The number of rotatable bonds is 6. The van der Waals surface area contributed by atoms with Crippen molar-refractivity contribution in [2.75, 3.05) is 50.0 Å². The van der Waals surface area contributed by atoms with Crippen LogP contribution in [-0.2, 0) is 6.42 Å². The normalized spacial score (nSPS) is 18.2. The van der Waals surface area contributed by atoms with Gasteiger partial charge in [-0.2, -0.15) is 0 Å². The molecule has 0 spiro atoms. The van der Waals surface area contributed by atoms with E-state index in [0.29, 0.717) is 35.3 Å². The molecule has 1 aromatic carbocycles. The predicted molar refractivity (Wildman–Crippen MR) is 150 cm³/mol. The fraction of sp³-hybridized carbons (Fsp3) is 0.357. The van der Waals surface area contributed by atoms with Crippen molar-refractivity contribution in [1.29, 1.82) is 0 Å². The molecule has 2 aromatic heterocycles. The fourth-order valence-electron chi connectivity index (χ4n) is 5.19. The van der Waals surface area contributed by atoms with Gasteiger partial charge in [0.25, 0.3) is 5.91 Å². The van der Waals surface area contributed by atoms with Crippen LogP contribution in [0.25, 0.3) is 11.8 Å². The van der Waals surface area contributed by atoms with Crippen molar-refractivity contribution in [3.63, 3.8) is 0 Å². The van der Waals surface area contributed by atoms with Gasteiger partial charge in [0.05, 0.1) is 28.6 Å². The number of benzene rings is 1. The Labute approximate surface area is 226 Å². The summed E-state index contributed by atoms with van der Waals surface area (Å²) < 4.78 is 5.74. The highest BCUT2D eigenvalue weighted by Crippen LogP contribution is 2.37. The Hall–Kier alpha value is -4.38. The zero-order chi connectivity index (χ0) is 27.0. The highest BCUT2D eigenvalue weighted by Gasteiger charge is 2.33. The molecule has 3 aliphatic rings. The summed E-state index contributed by atoms with van der Waals surface area (Å²) in [6.07, 6.45) is 8.03. The Morgan fingerprint density at radius 3 is 2.79 bits per heavy atom. The first-order chi connectivity index (χ1) is 18.9. The zero-order valence-corrected chi connectivity index (χ0v) is 22.4. The van der Waals surface area contributed by atoms with E-state index in [1.54, 1.807) is 6.33 Å². The number of imidazole rings is 1. The molecule has 2 aliphatic heterocycles. The molecule has 39 heavy (non-hydrogen) atoms. The second kappa shape index (κ2) is 10.1. The number of piperazine rings is 1. The van der Waals surface area contributed by atoms with Gasteiger partial charge in [0, 0.05) is 62.5 Å². The maximum Gasteiger partial charge on any atom is 0.274 e. The van der Waals surface area contributed by atoms with E-state index in [-0.39, 0.29) is 11.6 Å². The standard InChI is InChI=1S/C28H33N9O2/c1-28(2)14-19-23(26(38)30-9-8-18-15-29-17-32-18)35-39-25(19)24-20(28)16-31-27(34-24)33-21-6-4-5-7-22(21)37-12-10-36(3)11-13-37/h4-7,14-17H,8-13H2,1-3H3,(H,29,32)(H,30,38)(H2,31,33,34). The summed E-state index contributed by atoms with van der Waals surface area (Å²) in [5.74, 6) is 0.299. The molecule has 202 valence electrons. The number of amides is 1. The molecular weight excluding hydrogens is 494 g/mol. The quantitative estimate of drug-likeness (QED) is 0.374. The zero-order valence-electron chi connectivity index (χ0n) is 22.4. The molecule has 11 nitrogen and oxygen atoms in total. The SMILES string of the molecule is CN1CCN(c2ccccc2NC2=NC3=c4onc(C(=O)NCCc5c[nH]cn5)c4=CC(C)(C)C3=CN2)CC1. The molecule has 6 rings (SSSR count). The summed E-state index contributed by atoms with van der Waals surface area (Å²) in [6, 6.07) is 8.27. The summed E-state index contributed by atoms with van der Waals surface area (Å²) in [4.78, 5) is 29.8. The molecule has 1 saturated heterocycles. The topological polar surface area (TPSA) is 127 Å². The van der Waals surface area contributed by atoms with Crippen molar-refractivity contribution in [3.8, 4) is 0 Å². The number of para-hydroxylation sites is 2. The van der Waals surface area contributed by atoms with Crippen LogP contribution in [0.3, 0.4) is 0 Å². The summed E-state index contributed by atoms with van der Waals surface area (Å²) >= 11 is 0. The number of carbonyl (C=O) groups excluding carboxylic acids is 1. The van der Waals surface area contributed by atoms with E-state index in [1.807, 2.05) is 24.5 Å². The molecule has 0 atom stereocenters. The van der Waals surface area contributed by atoms with Crippen molar-refractivity contribution in [1.82, 2.24) is 30.7 Å². The number of H-pyrrole nitrogens is 1. The van der Waals surface area contributed by atoms with Crippen molar-refractivity contribution in [3.05, 3.63) is 70.6 Å². The Kier molecular flexibility index (Phi) is 6.43. The smallest absolute Gasteiger partial charge is 0.274 e. The monoisotopic (exact) mass is 527 g/mol. The highest BCUT2D eigenvalue weighted by atomic mass is 16.5. The lowest BCUT2D eigenvalue weighted by Gasteiger charge is -2.35. The third-order valence-corrected chi connectivity index (χ3v) is 7.41. The highest BCUT2D eigenvalue weighted by molar-refractivity contribution is 6.02. The molecule has 3 aromatic rings. The number of anilines is 2. The summed E-state index contributed by atoms with van der Waals surface area (Å²) in [7, 11) is 2.15. The van der Waals surface area contributed by atoms with E-state index in [2.05, 4.69) is 80.0 Å². The average Bonchev–Trinajstić information content (AvgIpc) is 3.59. The maximum atomic E-state index is 13.0. The van der Waals surface area contributed by atoms with Gasteiger partial charge < -0.3 is 35.3 Å². The first-order valence-electron chi connectivity index (χ1n) is 13.2. The Morgan fingerprint density at radius 2 is 2.00 bits per heavy atom. The molecule has 0 bridgehead atoms. The molecule has 0 unspecified atom stereocenters. The number of hydrogen-bond donors (Lipinski definition) is 4. The Bertz CT molecular complexity index is 1560. The second-order valence-electron chi connectivity index (χ2n) is 10.7. The van der Waals surface area contributed by atoms with E-state index in [9.17, 15) is 4.79 Å². The van der Waals surface area contributed by atoms with Gasteiger partial charge >= 0.3 is 0 Å². The number of likely N-dealkylation sites (N-methyl/N-ethyl adjacent to an activating group) is 1. The number of fused-ring (bicyclic) bond motifs is 2. The fourth-order valence-corrected chi connectivity index (χ4v) is 5.19. The molecule has 0 radical (unpaired) electrons. The number of guanidine groups is 1. The van der Waals surface area contributed by atoms with Crippen molar-refractivity contribution < 1.29 is 9.32 Å². The average molecular weight is 528 g/mol. The van der Waals surface area contributed by atoms with E-state index in [4.69, 9.17) is 9.52 Å². The van der Waals surface area contributed by atoms with Crippen molar-refractivity contribution in [2.24, 2.45) is 10.4 Å². The number of aliphatic imine (C=N–C) groups is 1. The molecule has 1 amide bonds. The molecule has 4 heterocycles. The van der Waals surface area contributed by atoms with E-state index in [1.165, 1.54) is 0 Å². The first-order valence-corrected chi connectivity index (χ1v) is 13.2. The molecule has 11 heteroatoms. The van der Waals surface area contributed by atoms with Crippen LogP contribution >= 0.6 is 0 Å². The number of hydrogen-bond acceptors (Lipinski definition) is 9. The van der Waals surface area contributed by atoms with Crippen LogP contribution in [0.4, 0.5) is 11.4 Å². The summed E-state index contributed by atoms with van der Waals surface area (Å²) in [6.45, 7) is 8.60. The van der Waals surface area contributed by atoms with Gasteiger partial charge in [-0.3, -0.25) is 4.79 Å². The number of aromatic nitrogens is 3. The van der Waals surface area contributed by atoms with E-state index in [0.717, 1.165) is 48.8 Å². The summed E-state index contributed by atoms with van der Waals surface area (Å²) in [5, 5.41) is 14.5. The Balaban J connectivity index is 1.28. The van der Waals surface area contributed by atoms with Crippen LogP contribution in [-0.4, -0.2) is 71.7 Å². The number of carbonyl (C=O) groups is 1.